The van der Waals surface area contributed by atoms with Crippen LogP contribution in [0.4, 0.5) is 5.69 Å². The van der Waals surface area contributed by atoms with E-state index < -0.39 is 5.97 Å². The van der Waals surface area contributed by atoms with Gasteiger partial charge in [0.2, 0.25) is 0 Å². The molecule has 0 amide bonds. The molecule has 0 saturated carbocycles. The zero-order valence-corrected chi connectivity index (χ0v) is 11.2. The molecule has 4 N–H and O–H groups in total. The summed E-state index contributed by atoms with van der Waals surface area (Å²) >= 11 is 0. The SMILES string of the molecule is Nc1ccccc1C(=Cc1cc2ccccc2[nH]1)C(=O)O. The Morgan fingerprint density at radius 2 is 1.81 bits per heavy atom. The van der Waals surface area contributed by atoms with Gasteiger partial charge in [-0.3, -0.25) is 0 Å². The van der Waals surface area contributed by atoms with E-state index in [9.17, 15) is 9.90 Å². The van der Waals surface area contributed by atoms with E-state index in [1.807, 2.05) is 30.3 Å². The third-order valence-corrected chi connectivity index (χ3v) is 3.33. The fourth-order valence-electron chi connectivity index (χ4n) is 2.33. The number of carbonyl (C=O) groups is 1. The van der Waals surface area contributed by atoms with E-state index in [0.717, 1.165) is 16.6 Å². The first-order valence-corrected chi connectivity index (χ1v) is 6.53. The van der Waals surface area contributed by atoms with E-state index in [1.54, 1.807) is 30.3 Å². The Labute approximate surface area is 121 Å². The van der Waals surface area contributed by atoms with Crippen LogP contribution in [0.15, 0.2) is 54.6 Å². The lowest BCUT2D eigenvalue weighted by molar-refractivity contribution is -0.130. The van der Waals surface area contributed by atoms with Crippen molar-refractivity contribution in [2.24, 2.45) is 0 Å². The number of benzene rings is 2. The summed E-state index contributed by atoms with van der Waals surface area (Å²) in [4.78, 5) is 14.7. The van der Waals surface area contributed by atoms with Crippen molar-refractivity contribution in [2.75, 3.05) is 5.73 Å². The predicted molar refractivity (Wildman–Crippen MR) is 84.7 cm³/mol. The zero-order chi connectivity index (χ0) is 14.8. The van der Waals surface area contributed by atoms with Gasteiger partial charge in [-0.15, -0.1) is 0 Å². The van der Waals surface area contributed by atoms with Gasteiger partial charge in [-0.1, -0.05) is 36.4 Å². The largest absolute Gasteiger partial charge is 0.478 e. The van der Waals surface area contributed by atoms with Crippen molar-refractivity contribution in [3.05, 3.63) is 65.9 Å². The number of carboxylic acids is 1. The lowest BCUT2D eigenvalue weighted by Crippen LogP contribution is -2.02. The van der Waals surface area contributed by atoms with Crippen LogP contribution in [0.2, 0.25) is 0 Å². The highest BCUT2D eigenvalue weighted by Crippen LogP contribution is 2.25. The maximum Gasteiger partial charge on any atom is 0.336 e. The molecule has 21 heavy (non-hydrogen) atoms. The van der Waals surface area contributed by atoms with Crippen LogP contribution in [0.3, 0.4) is 0 Å². The number of hydrogen-bond acceptors (Lipinski definition) is 2. The summed E-state index contributed by atoms with van der Waals surface area (Å²) < 4.78 is 0. The van der Waals surface area contributed by atoms with Gasteiger partial charge in [0.25, 0.3) is 0 Å². The molecular weight excluding hydrogens is 264 g/mol. The van der Waals surface area contributed by atoms with Gasteiger partial charge in [-0.05, 0) is 29.7 Å². The van der Waals surface area contributed by atoms with Crippen molar-refractivity contribution in [1.82, 2.24) is 4.98 Å². The smallest absolute Gasteiger partial charge is 0.336 e. The molecule has 104 valence electrons. The van der Waals surface area contributed by atoms with Crippen LogP contribution < -0.4 is 5.73 Å². The highest BCUT2D eigenvalue weighted by molar-refractivity contribution is 6.22. The van der Waals surface area contributed by atoms with Crippen LogP contribution in [-0.4, -0.2) is 16.1 Å². The summed E-state index contributed by atoms with van der Waals surface area (Å²) in [7, 11) is 0. The first-order chi connectivity index (χ1) is 10.1. The Kier molecular flexibility index (Phi) is 3.20. The first kappa shape index (κ1) is 13.0. The average molecular weight is 278 g/mol. The van der Waals surface area contributed by atoms with E-state index in [4.69, 9.17) is 5.73 Å². The maximum atomic E-state index is 11.5. The number of hydrogen-bond donors (Lipinski definition) is 3. The topological polar surface area (TPSA) is 79.1 Å². The molecule has 1 aromatic heterocycles. The molecule has 0 fully saturated rings. The van der Waals surface area contributed by atoms with Gasteiger partial charge in [-0.2, -0.15) is 0 Å². The van der Waals surface area contributed by atoms with Gasteiger partial charge in [0.1, 0.15) is 0 Å². The molecule has 0 aliphatic heterocycles. The molecule has 4 heteroatoms. The van der Waals surface area contributed by atoms with E-state index in [0.29, 0.717) is 11.3 Å². The van der Waals surface area contributed by atoms with Crippen LogP contribution in [-0.2, 0) is 4.79 Å². The number of carboxylic acid groups (broad SMARTS) is 1. The van der Waals surface area contributed by atoms with Crippen molar-refractivity contribution in [3.63, 3.8) is 0 Å². The summed E-state index contributed by atoms with van der Waals surface area (Å²) in [6, 6.07) is 16.7. The molecule has 0 atom stereocenters. The lowest BCUT2D eigenvalue weighted by atomic mass is 10.0. The number of nitrogens with one attached hydrogen (secondary N) is 1. The lowest BCUT2D eigenvalue weighted by Gasteiger charge is -2.05. The highest BCUT2D eigenvalue weighted by Gasteiger charge is 2.13. The summed E-state index contributed by atoms with van der Waals surface area (Å²) in [5.41, 5.74) is 8.70. The van der Waals surface area contributed by atoms with E-state index >= 15 is 0 Å². The highest BCUT2D eigenvalue weighted by atomic mass is 16.4. The fraction of sp³-hybridized carbons (Fsp3) is 0. The number of nitrogens with two attached hydrogens (primary N) is 1. The number of para-hydroxylation sites is 2. The van der Waals surface area contributed by atoms with Crippen LogP contribution in [0.1, 0.15) is 11.3 Å². The van der Waals surface area contributed by atoms with Gasteiger partial charge in [0.15, 0.2) is 0 Å². The van der Waals surface area contributed by atoms with Crippen molar-refractivity contribution in [1.29, 1.82) is 0 Å². The standard InChI is InChI=1S/C17H14N2O2/c18-15-7-3-2-6-13(15)14(17(20)21)10-12-9-11-5-1-4-8-16(11)19-12/h1-10,19H,18H2,(H,20,21). The molecular formula is C17H14N2O2. The number of anilines is 1. The Morgan fingerprint density at radius 1 is 1.10 bits per heavy atom. The van der Waals surface area contributed by atoms with Gasteiger partial charge in [0, 0.05) is 22.5 Å². The monoisotopic (exact) mass is 278 g/mol. The van der Waals surface area contributed by atoms with Gasteiger partial charge >= 0.3 is 5.97 Å². The average Bonchev–Trinajstić information content (AvgIpc) is 2.88. The number of fused-ring (bicyclic) bond motifs is 1. The van der Waals surface area contributed by atoms with Crippen LogP contribution in [0.5, 0.6) is 0 Å². The van der Waals surface area contributed by atoms with Crippen molar-refractivity contribution < 1.29 is 9.90 Å². The second-order valence-corrected chi connectivity index (χ2v) is 4.76. The molecule has 0 bridgehead atoms. The Morgan fingerprint density at radius 3 is 2.52 bits per heavy atom. The minimum absolute atomic E-state index is 0.166. The van der Waals surface area contributed by atoms with E-state index in [2.05, 4.69) is 4.98 Å². The van der Waals surface area contributed by atoms with Crippen LogP contribution in [0, 0.1) is 0 Å². The zero-order valence-electron chi connectivity index (χ0n) is 11.2. The van der Waals surface area contributed by atoms with Crippen molar-refractivity contribution in [3.8, 4) is 0 Å². The first-order valence-electron chi connectivity index (χ1n) is 6.53. The van der Waals surface area contributed by atoms with Gasteiger partial charge in [0.05, 0.1) is 5.57 Å². The maximum absolute atomic E-state index is 11.5. The summed E-state index contributed by atoms with van der Waals surface area (Å²) in [6.45, 7) is 0. The molecule has 1 heterocycles. The van der Waals surface area contributed by atoms with Crippen LogP contribution in [0.25, 0.3) is 22.6 Å². The van der Waals surface area contributed by atoms with Crippen LogP contribution >= 0.6 is 0 Å². The van der Waals surface area contributed by atoms with Gasteiger partial charge in [-0.25, -0.2) is 4.79 Å². The molecule has 2 aromatic carbocycles. The molecule has 0 aliphatic carbocycles. The minimum Gasteiger partial charge on any atom is -0.478 e. The second-order valence-electron chi connectivity index (χ2n) is 4.76. The van der Waals surface area contributed by atoms with Crippen molar-refractivity contribution in [2.45, 2.75) is 0 Å². The van der Waals surface area contributed by atoms with Crippen molar-refractivity contribution >= 4 is 34.2 Å². The number of nitrogen functional groups attached to an aromatic ring is 1. The van der Waals surface area contributed by atoms with Gasteiger partial charge < -0.3 is 15.8 Å². The van der Waals surface area contributed by atoms with E-state index in [-0.39, 0.29) is 5.57 Å². The Hall–Kier alpha value is -3.01. The third-order valence-electron chi connectivity index (χ3n) is 3.33. The van der Waals surface area contributed by atoms with E-state index in [1.165, 1.54) is 0 Å². The molecule has 3 aromatic rings. The summed E-state index contributed by atoms with van der Waals surface area (Å²) in [5, 5.41) is 10.5. The minimum atomic E-state index is -1.01. The quantitative estimate of drug-likeness (QED) is 0.507. The second kappa shape index (κ2) is 5.17. The number of rotatable bonds is 3. The molecule has 0 unspecified atom stereocenters. The number of aliphatic carboxylic acids is 1. The molecule has 0 radical (unpaired) electrons. The normalized spacial score (nSPS) is 11.7. The number of aromatic nitrogens is 1. The Bertz CT molecular complexity index is 814. The predicted octanol–water partition coefficient (Wildman–Crippen LogP) is 3.38. The molecule has 0 spiro atoms. The molecule has 4 nitrogen and oxygen atoms in total. The Balaban J connectivity index is 2.13. The fourth-order valence-corrected chi connectivity index (χ4v) is 2.33. The third kappa shape index (κ3) is 2.51. The number of H-pyrrole nitrogens is 1. The molecule has 0 saturated heterocycles. The summed E-state index contributed by atoms with van der Waals surface area (Å²) in [5.74, 6) is -1.01. The summed E-state index contributed by atoms with van der Waals surface area (Å²) in [6.07, 6.45) is 1.61. The molecule has 0 aliphatic rings. The molecule has 3 rings (SSSR count). The number of aromatic amines is 1.